The topological polar surface area (TPSA) is 23.5 Å². The van der Waals surface area contributed by atoms with Crippen LogP contribution >= 0.6 is 0 Å². The molecule has 2 rings (SSSR count). The molecular formula is C19H31NO. The van der Waals surface area contributed by atoms with Crippen molar-refractivity contribution >= 4 is 0 Å². The van der Waals surface area contributed by atoms with Crippen LogP contribution < -0.4 is 0 Å². The number of benzene rings is 1. The Bertz CT molecular complexity index is 430. The molecule has 0 aromatic heterocycles. The maximum absolute atomic E-state index is 11.0. The van der Waals surface area contributed by atoms with Gasteiger partial charge in [0.25, 0.3) is 0 Å². The van der Waals surface area contributed by atoms with Crippen LogP contribution in [0.4, 0.5) is 0 Å². The molecule has 118 valence electrons. The van der Waals surface area contributed by atoms with Gasteiger partial charge in [0.2, 0.25) is 0 Å². The molecule has 21 heavy (non-hydrogen) atoms. The third kappa shape index (κ3) is 3.67. The minimum atomic E-state index is -0.411. The zero-order valence-corrected chi connectivity index (χ0v) is 14.2. The summed E-state index contributed by atoms with van der Waals surface area (Å²) >= 11 is 0. The van der Waals surface area contributed by atoms with E-state index in [4.69, 9.17) is 0 Å². The lowest BCUT2D eigenvalue weighted by atomic mass is 9.81. The number of piperidine rings is 1. The van der Waals surface area contributed by atoms with E-state index in [0.717, 1.165) is 12.1 Å². The Morgan fingerprint density at radius 2 is 1.71 bits per heavy atom. The van der Waals surface area contributed by atoms with Gasteiger partial charge in [0.1, 0.15) is 0 Å². The van der Waals surface area contributed by atoms with E-state index in [1.165, 1.54) is 6.42 Å². The summed E-state index contributed by atoms with van der Waals surface area (Å²) in [6.45, 7) is 12.6. The first kappa shape index (κ1) is 16.5. The van der Waals surface area contributed by atoms with Gasteiger partial charge in [0, 0.05) is 18.6 Å². The van der Waals surface area contributed by atoms with E-state index < -0.39 is 6.10 Å². The number of hydrogen-bond donors (Lipinski definition) is 1. The minimum Gasteiger partial charge on any atom is -0.387 e. The first-order chi connectivity index (χ1) is 9.91. The average molecular weight is 289 g/mol. The lowest BCUT2D eigenvalue weighted by Gasteiger charge is -2.48. The molecule has 2 heteroatoms. The van der Waals surface area contributed by atoms with Crippen LogP contribution in [0.15, 0.2) is 30.3 Å². The maximum atomic E-state index is 11.0. The third-order valence-corrected chi connectivity index (χ3v) is 5.17. The lowest BCUT2D eigenvalue weighted by molar-refractivity contribution is -0.0396. The normalized spacial score (nSPS) is 30.3. The molecule has 1 aliphatic heterocycles. The van der Waals surface area contributed by atoms with Crippen LogP contribution in [0.5, 0.6) is 0 Å². The summed E-state index contributed by atoms with van der Waals surface area (Å²) in [7, 11) is 0. The summed E-state index contributed by atoms with van der Waals surface area (Å²) in [5.74, 6) is 1.83. The fraction of sp³-hybridized carbons (Fsp3) is 0.684. The zero-order chi connectivity index (χ0) is 15.6. The highest BCUT2D eigenvalue weighted by Gasteiger charge is 2.38. The first-order valence-electron chi connectivity index (χ1n) is 8.40. The van der Waals surface area contributed by atoms with Crippen molar-refractivity contribution in [1.29, 1.82) is 0 Å². The van der Waals surface area contributed by atoms with E-state index in [0.29, 0.717) is 23.8 Å². The minimum absolute atomic E-state index is 0.188. The predicted octanol–water partition coefficient (Wildman–Crippen LogP) is 4.11. The Balaban J connectivity index is 2.26. The van der Waals surface area contributed by atoms with Crippen LogP contribution in [-0.4, -0.2) is 28.6 Å². The van der Waals surface area contributed by atoms with Gasteiger partial charge in [-0.05, 0) is 36.7 Å². The molecule has 0 aliphatic carbocycles. The molecule has 0 radical (unpaired) electrons. The standard InChI is InChI=1S/C19H31NO/c1-13(2)18(19(21)17-9-7-6-8-10-17)20-12-14(3)11-15(4)16(20)5/h6-10,13-16,18-19,21H,11-12H2,1-5H3. The Labute approximate surface area is 130 Å². The molecule has 0 bridgehead atoms. The number of aliphatic hydroxyl groups excluding tert-OH is 1. The maximum Gasteiger partial charge on any atom is 0.0947 e. The average Bonchev–Trinajstić information content (AvgIpc) is 2.44. The SMILES string of the molecule is CC1CC(C)C(C)N(C(C(C)C)C(O)c2ccccc2)C1. The van der Waals surface area contributed by atoms with Crippen molar-refractivity contribution in [3.8, 4) is 0 Å². The first-order valence-corrected chi connectivity index (χ1v) is 8.40. The van der Waals surface area contributed by atoms with Crippen LogP contribution in [-0.2, 0) is 0 Å². The quantitative estimate of drug-likeness (QED) is 0.901. The smallest absolute Gasteiger partial charge is 0.0947 e. The summed E-state index contributed by atoms with van der Waals surface area (Å²) in [5.41, 5.74) is 1.04. The molecular weight excluding hydrogens is 258 g/mol. The van der Waals surface area contributed by atoms with Crippen molar-refractivity contribution in [3.63, 3.8) is 0 Å². The molecule has 1 N–H and O–H groups in total. The van der Waals surface area contributed by atoms with E-state index in [1.54, 1.807) is 0 Å². The molecule has 1 saturated heterocycles. The third-order valence-electron chi connectivity index (χ3n) is 5.17. The molecule has 0 saturated carbocycles. The van der Waals surface area contributed by atoms with Crippen LogP contribution in [0.2, 0.25) is 0 Å². The molecule has 0 spiro atoms. The molecule has 0 amide bonds. The second kappa shape index (κ2) is 6.93. The highest BCUT2D eigenvalue weighted by atomic mass is 16.3. The summed E-state index contributed by atoms with van der Waals surface area (Å²) in [6.07, 6.45) is 0.885. The second-order valence-electron chi connectivity index (χ2n) is 7.35. The van der Waals surface area contributed by atoms with Gasteiger partial charge < -0.3 is 5.11 Å². The number of rotatable bonds is 4. The van der Waals surface area contributed by atoms with Gasteiger partial charge in [0.05, 0.1) is 6.10 Å². The number of likely N-dealkylation sites (tertiary alicyclic amines) is 1. The fourth-order valence-electron chi connectivity index (χ4n) is 3.93. The van der Waals surface area contributed by atoms with E-state index in [9.17, 15) is 5.11 Å². The Kier molecular flexibility index (Phi) is 5.45. The summed E-state index contributed by atoms with van der Waals surface area (Å²) in [6, 6.07) is 10.8. The zero-order valence-electron chi connectivity index (χ0n) is 14.2. The van der Waals surface area contributed by atoms with Gasteiger partial charge >= 0.3 is 0 Å². The van der Waals surface area contributed by atoms with Crippen molar-refractivity contribution in [3.05, 3.63) is 35.9 Å². The Morgan fingerprint density at radius 1 is 1.10 bits per heavy atom. The van der Waals surface area contributed by atoms with Crippen molar-refractivity contribution in [1.82, 2.24) is 4.90 Å². The molecule has 2 nitrogen and oxygen atoms in total. The molecule has 1 aromatic carbocycles. The second-order valence-corrected chi connectivity index (χ2v) is 7.35. The van der Waals surface area contributed by atoms with E-state index >= 15 is 0 Å². The van der Waals surface area contributed by atoms with Gasteiger partial charge in [-0.2, -0.15) is 0 Å². The highest BCUT2D eigenvalue weighted by molar-refractivity contribution is 5.19. The van der Waals surface area contributed by atoms with Gasteiger partial charge in [-0.3, -0.25) is 4.90 Å². The molecule has 1 fully saturated rings. The highest BCUT2D eigenvalue weighted by Crippen LogP contribution is 2.35. The van der Waals surface area contributed by atoms with E-state index in [1.807, 2.05) is 30.3 Å². The molecule has 5 atom stereocenters. The van der Waals surface area contributed by atoms with Crippen LogP contribution in [0.1, 0.15) is 52.7 Å². The Hall–Kier alpha value is -0.860. The molecule has 1 aromatic rings. The van der Waals surface area contributed by atoms with Gasteiger partial charge in [-0.25, -0.2) is 0 Å². The van der Waals surface area contributed by atoms with Gasteiger partial charge in [-0.1, -0.05) is 58.0 Å². The van der Waals surface area contributed by atoms with Crippen LogP contribution in [0, 0.1) is 17.8 Å². The lowest BCUT2D eigenvalue weighted by Crippen LogP contribution is -2.54. The molecule has 5 unspecified atom stereocenters. The summed E-state index contributed by atoms with van der Waals surface area (Å²) < 4.78 is 0. The number of hydrogen-bond acceptors (Lipinski definition) is 2. The van der Waals surface area contributed by atoms with Crippen LogP contribution in [0.25, 0.3) is 0 Å². The number of nitrogens with zero attached hydrogens (tertiary/aromatic N) is 1. The van der Waals surface area contributed by atoms with Crippen molar-refractivity contribution in [2.24, 2.45) is 17.8 Å². The van der Waals surface area contributed by atoms with Crippen molar-refractivity contribution in [2.75, 3.05) is 6.54 Å². The summed E-state index contributed by atoms with van der Waals surface area (Å²) in [4.78, 5) is 2.56. The Morgan fingerprint density at radius 3 is 2.29 bits per heavy atom. The van der Waals surface area contributed by atoms with Gasteiger partial charge in [-0.15, -0.1) is 0 Å². The molecule has 1 aliphatic rings. The van der Waals surface area contributed by atoms with Gasteiger partial charge in [0.15, 0.2) is 0 Å². The van der Waals surface area contributed by atoms with Crippen molar-refractivity contribution < 1.29 is 5.11 Å². The van der Waals surface area contributed by atoms with Crippen molar-refractivity contribution in [2.45, 2.75) is 59.2 Å². The number of aliphatic hydroxyl groups is 1. The predicted molar refractivity (Wildman–Crippen MR) is 89.1 cm³/mol. The largest absolute Gasteiger partial charge is 0.387 e. The fourth-order valence-corrected chi connectivity index (χ4v) is 3.93. The van der Waals surface area contributed by atoms with E-state index in [2.05, 4.69) is 39.5 Å². The molecule has 1 heterocycles. The van der Waals surface area contributed by atoms with Crippen LogP contribution in [0.3, 0.4) is 0 Å². The summed E-state index contributed by atoms with van der Waals surface area (Å²) in [5, 5.41) is 11.0. The monoisotopic (exact) mass is 289 g/mol. The van der Waals surface area contributed by atoms with E-state index in [-0.39, 0.29) is 6.04 Å².